The minimum absolute atomic E-state index is 0.0956. The maximum Gasteiger partial charge on any atom is 0.119 e. The lowest BCUT2D eigenvalue weighted by molar-refractivity contribution is 0.347. The minimum Gasteiger partial charge on any atom is -0.763 e. The quantitative estimate of drug-likeness (QED) is 0.431. The molecule has 0 unspecified atom stereocenters. The largest absolute Gasteiger partial charge is 0.763 e. The molecule has 0 aromatic heterocycles. The molecule has 15 heavy (non-hydrogen) atoms. The Kier molecular flexibility index (Phi) is 1.16. The van der Waals surface area contributed by atoms with Crippen LogP contribution >= 0.6 is 0 Å². The molecule has 0 radical (unpaired) electrons. The van der Waals surface area contributed by atoms with E-state index in [1.54, 1.807) is 0 Å². The van der Waals surface area contributed by atoms with Crippen LogP contribution < -0.4 is 0 Å². The van der Waals surface area contributed by atoms with Gasteiger partial charge >= 0.3 is 0 Å². The van der Waals surface area contributed by atoms with Crippen molar-refractivity contribution in [2.45, 2.75) is 0 Å². The van der Waals surface area contributed by atoms with Crippen molar-refractivity contribution >= 4 is 5.87 Å². The molecular formula is C12H6N3-. The van der Waals surface area contributed by atoms with E-state index in [0.29, 0.717) is 5.57 Å². The van der Waals surface area contributed by atoms with Crippen LogP contribution in [-0.4, -0.2) is 5.87 Å². The number of hydrogen-bond donors (Lipinski definition) is 0. The fourth-order valence-corrected chi connectivity index (χ4v) is 3.10. The third-order valence-corrected chi connectivity index (χ3v) is 3.86. The van der Waals surface area contributed by atoms with Gasteiger partial charge in [-0.1, -0.05) is 24.3 Å². The van der Waals surface area contributed by atoms with E-state index in [0.717, 1.165) is 0 Å². The van der Waals surface area contributed by atoms with Crippen LogP contribution in [0.25, 0.3) is 5.41 Å². The summed E-state index contributed by atoms with van der Waals surface area (Å²) < 4.78 is 0. The first-order chi connectivity index (χ1) is 7.27. The fourth-order valence-electron chi connectivity index (χ4n) is 3.10. The summed E-state index contributed by atoms with van der Waals surface area (Å²) in [5, 5.41) is 27.6. The van der Waals surface area contributed by atoms with E-state index >= 15 is 0 Å². The lowest BCUT2D eigenvalue weighted by atomic mass is 9.67. The van der Waals surface area contributed by atoms with E-state index in [4.69, 9.17) is 5.41 Å². The highest BCUT2D eigenvalue weighted by Gasteiger charge is 2.81. The van der Waals surface area contributed by atoms with Crippen LogP contribution in [0.1, 0.15) is 0 Å². The second kappa shape index (κ2) is 2.11. The van der Waals surface area contributed by atoms with Crippen LogP contribution in [0.5, 0.6) is 0 Å². The molecule has 0 N–H and O–H groups in total. The number of nitriles is 2. The number of allylic oxidation sites excluding steroid dienone is 5. The van der Waals surface area contributed by atoms with E-state index in [1.807, 2.05) is 24.3 Å². The van der Waals surface area contributed by atoms with Crippen LogP contribution in [0.4, 0.5) is 0 Å². The van der Waals surface area contributed by atoms with Crippen LogP contribution in [0, 0.1) is 45.3 Å². The number of rotatable bonds is 0. The van der Waals surface area contributed by atoms with Crippen molar-refractivity contribution in [2.24, 2.45) is 22.7 Å². The summed E-state index contributed by atoms with van der Waals surface area (Å²) in [5.41, 5.74) is -1.26. The van der Waals surface area contributed by atoms with Gasteiger partial charge in [-0.05, 0) is 5.57 Å². The Labute approximate surface area is 87.1 Å². The molecule has 1 saturated carbocycles. The summed E-state index contributed by atoms with van der Waals surface area (Å²) in [6, 6.07) is 4.39. The molecule has 4 rings (SSSR count). The molecule has 0 aliphatic heterocycles. The molecule has 3 nitrogen and oxygen atoms in total. The van der Waals surface area contributed by atoms with E-state index in [-0.39, 0.29) is 11.8 Å². The second-order valence-electron chi connectivity index (χ2n) is 4.15. The topological polar surface area (TPSA) is 69.9 Å². The van der Waals surface area contributed by atoms with Crippen molar-refractivity contribution in [3.63, 3.8) is 0 Å². The molecule has 2 bridgehead atoms. The first-order valence-electron chi connectivity index (χ1n) is 4.75. The Morgan fingerprint density at radius 1 is 1.00 bits per heavy atom. The zero-order chi connectivity index (χ0) is 10.7. The van der Waals surface area contributed by atoms with Crippen molar-refractivity contribution in [1.82, 2.24) is 0 Å². The highest BCUT2D eigenvalue weighted by Crippen LogP contribution is 2.78. The minimum atomic E-state index is -0.856. The van der Waals surface area contributed by atoms with Gasteiger partial charge in [0.1, 0.15) is 10.8 Å². The first kappa shape index (κ1) is 8.24. The average Bonchev–Trinajstić information content (AvgIpc) is 2.97. The van der Waals surface area contributed by atoms with Crippen LogP contribution in [0.2, 0.25) is 0 Å². The lowest BCUT2D eigenvalue weighted by Gasteiger charge is -2.31. The molecule has 4 aliphatic rings. The van der Waals surface area contributed by atoms with Gasteiger partial charge in [0, 0.05) is 11.8 Å². The standard InChI is InChI=1S/C12H6N3/c13-5-10-11(6-14)8-1-2-9(4-3-8)12(10,11)7-15/h1-4,8-9H/q-1/t8?,9?,11-,12+. The normalized spacial score (nSPS) is 47.7. The van der Waals surface area contributed by atoms with Gasteiger partial charge in [0.25, 0.3) is 0 Å². The van der Waals surface area contributed by atoms with Crippen molar-refractivity contribution in [3.8, 4) is 12.1 Å². The van der Waals surface area contributed by atoms with Gasteiger partial charge in [-0.15, -0.1) is 0 Å². The number of nitrogens with zero attached hydrogens (tertiary/aromatic N) is 3. The van der Waals surface area contributed by atoms with Gasteiger partial charge in [0.15, 0.2) is 0 Å². The van der Waals surface area contributed by atoms with Crippen LogP contribution in [-0.2, 0) is 0 Å². The Bertz CT molecular complexity index is 494. The SMILES string of the molecule is N#C[C@@]12C(=C=[N-])[C@]1(C#N)C1C=CC2C=C1. The van der Waals surface area contributed by atoms with Gasteiger partial charge in [-0.25, -0.2) is 0 Å². The van der Waals surface area contributed by atoms with Gasteiger partial charge in [0.2, 0.25) is 0 Å². The molecular weight excluding hydrogens is 186 g/mol. The van der Waals surface area contributed by atoms with Crippen molar-refractivity contribution in [3.05, 3.63) is 35.3 Å². The van der Waals surface area contributed by atoms with E-state index < -0.39 is 10.8 Å². The molecule has 0 saturated heterocycles. The smallest absolute Gasteiger partial charge is 0.119 e. The summed E-state index contributed by atoms with van der Waals surface area (Å²) in [5.74, 6) is 1.87. The average molecular weight is 192 g/mol. The summed E-state index contributed by atoms with van der Waals surface area (Å²) in [6.07, 6.45) is 7.75. The Morgan fingerprint density at radius 3 is 1.67 bits per heavy atom. The molecule has 0 aromatic carbocycles. The zero-order valence-corrected chi connectivity index (χ0v) is 7.81. The predicted molar refractivity (Wildman–Crippen MR) is 53.2 cm³/mol. The van der Waals surface area contributed by atoms with E-state index in [2.05, 4.69) is 18.0 Å². The number of hydrogen-bond acceptors (Lipinski definition) is 2. The van der Waals surface area contributed by atoms with Crippen LogP contribution in [0.3, 0.4) is 0 Å². The Hall–Kier alpha value is -2.09. The van der Waals surface area contributed by atoms with Gasteiger partial charge in [-0.3, -0.25) is 5.87 Å². The van der Waals surface area contributed by atoms with Gasteiger partial charge < -0.3 is 5.41 Å². The summed E-state index contributed by atoms with van der Waals surface area (Å²) in [7, 11) is 0. The highest BCUT2D eigenvalue weighted by molar-refractivity contribution is 5.82. The molecule has 0 spiro atoms. The molecule has 70 valence electrons. The zero-order valence-electron chi connectivity index (χ0n) is 7.81. The molecule has 3 heteroatoms. The fraction of sp³-hybridized carbons (Fsp3) is 0.333. The van der Waals surface area contributed by atoms with E-state index in [9.17, 15) is 10.5 Å². The third-order valence-electron chi connectivity index (χ3n) is 3.86. The maximum atomic E-state index is 9.27. The third kappa shape index (κ3) is 0.532. The lowest BCUT2D eigenvalue weighted by Crippen LogP contribution is -2.31. The van der Waals surface area contributed by atoms with Crippen LogP contribution in [0.15, 0.2) is 29.9 Å². The molecule has 0 heterocycles. The first-order valence-corrected chi connectivity index (χ1v) is 4.75. The van der Waals surface area contributed by atoms with Gasteiger partial charge in [-0.2, -0.15) is 10.5 Å². The highest BCUT2D eigenvalue weighted by atomic mass is 14.8. The monoisotopic (exact) mass is 192 g/mol. The summed E-state index contributed by atoms with van der Waals surface area (Å²) >= 11 is 0. The Balaban J connectivity index is 2.36. The van der Waals surface area contributed by atoms with E-state index in [1.165, 1.54) is 0 Å². The maximum absolute atomic E-state index is 9.27. The molecule has 0 amide bonds. The molecule has 0 aromatic rings. The second-order valence-corrected chi connectivity index (χ2v) is 4.15. The van der Waals surface area contributed by atoms with Crippen molar-refractivity contribution < 1.29 is 0 Å². The van der Waals surface area contributed by atoms with Crippen molar-refractivity contribution in [1.29, 1.82) is 10.5 Å². The molecule has 2 atom stereocenters. The predicted octanol–water partition coefficient (Wildman–Crippen LogP) is 1.56. The summed E-state index contributed by atoms with van der Waals surface area (Å²) in [4.78, 5) is 0. The Morgan fingerprint density at radius 2 is 1.40 bits per heavy atom. The summed E-state index contributed by atoms with van der Waals surface area (Å²) in [6.45, 7) is 0. The van der Waals surface area contributed by atoms with Gasteiger partial charge in [0.05, 0.1) is 12.1 Å². The molecule has 4 aliphatic carbocycles. The molecule has 1 fully saturated rings. The van der Waals surface area contributed by atoms with Crippen molar-refractivity contribution in [2.75, 3.05) is 0 Å².